The van der Waals surface area contributed by atoms with E-state index in [1.54, 1.807) is 37.3 Å². The first-order valence-electron chi connectivity index (χ1n) is 8.13. The monoisotopic (exact) mass is 348 g/mol. The number of nitrogens with one attached hydrogen (secondary N) is 1. The molecule has 8 nitrogen and oxygen atoms in total. The summed E-state index contributed by atoms with van der Waals surface area (Å²) in [4.78, 5) is 36.8. The molecule has 0 radical (unpaired) electrons. The van der Waals surface area contributed by atoms with Gasteiger partial charge in [0, 0.05) is 13.0 Å². The first-order chi connectivity index (χ1) is 12.0. The number of ether oxygens (including phenoxy) is 2. The van der Waals surface area contributed by atoms with Crippen molar-refractivity contribution in [2.75, 3.05) is 13.2 Å². The number of carbonyl (C=O) groups excluding carboxylic acids is 3. The molecule has 2 aliphatic heterocycles. The quantitative estimate of drug-likeness (QED) is 0.768. The number of aliphatic hydroxyl groups is 1. The van der Waals surface area contributed by atoms with Crippen molar-refractivity contribution in [3.05, 3.63) is 35.9 Å². The Bertz CT molecular complexity index is 664. The van der Waals surface area contributed by atoms with Crippen LogP contribution in [0.2, 0.25) is 0 Å². The van der Waals surface area contributed by atoms with E-state index in [2.05, 4.69) is 5.32 Å². The van der Waals surface area contributed by atoms with Crippen molar-refractivity contribution in [1.82, 2.24) is 10.2 Å². The standard InChI is InChI=1S/C17H20N2O6/c1-10-8-19(17(23)18-15(10)21)14-7-12(20)13(25-14)9-24-16(22)11-5-3-2-4-6-11/h2-6,10,12-14,20H,7-9H2,1H3,(H,18,21,23)/t10?,12-,13-,14-/m1/s1. The van der Waals surface area contributed by atoms with Crippen LogP contribution in [0, 0.1) is 5.92 Å². The molecule has 3 amide bonds. The first-order valence-corrected chi connectivity index (χ1v) is 8.13. The molecule has 1 aromatic rings. The Hall–Kier alpha value is -2.45. The van der Waals surface area contributed by atoms with Gasteiger partial charge in [-0.25, -0.2) is 9.59 Å². The molecule has 0 aromatic heterocycles. The summed E-state index contributed by atoms with van der Waals surface area (Å²) in [5, 5.41) is 12.4. The molecule has 8 heteroatoms. The third kappa shape index (κ3) is 3.80. The highest BCUT2D eigenvalue weighted by Crippen LogP contribution is 2.26. The summed E-state index contributed by atoms with van der Waals surface area (Å²) in [6.07, 6.45) is -2.05. The molecule has 0 bridgehead atoms. The van der Waals surface area contributed by atoms with Crippen molar-refractivity contribution in [2.45, 2.75) is 31.8 Å². The number of carbonyl (C=O) groups is 3. The number of esters is 1. The van der Waals surface area contributed by atoms with Crippen LogP contribution in [0.3, 0.4) is 0 Å². The average molecular weight is 348 g/mol. The number of aliphatic hydroxyl groups excluding tert-OH is 1. The van der Waals surface area contributed by atoms with Crippen LogP contribution in [-0.2, 0) is 14.3 Å². The zero-order chi connectivity index (χ0) is 18.0. The van der Waals surface area contributed by atoms with E-state index in [0.29, 0.717) is 5.56 Å². The van der Waals surface area contributed by atoms with Gasteiger partial charge in [-0.2, -0.15) is 0 Å². The molecule has 2 saturated heterocycles. The van der Waals surface area contributed by atoms with Crippen LogP contribution in [-0.4, -0.2) is 59.5 Å². The smallest absolute Gasteiger partial charge is 0.338 e. The van der Waals surface area contributed by atoms with Gasteiger partial charge in [0.2, 0.25) is 5.91 Å². The van der Waals surface area contributed by atoms with Gasteiger partial charge in [0.05, 0.1) is 17.6 Å². The van der Waals surface area contributed by atoms with E-state index >= 15 is 0 Å². The number of urea groups is 1. The van der Waals surface area contributed by atoms with Crippen molar-refractivity contribution in [3.63, 3.8) is 0 Å². The molecule has 25 heavy (non-hydrogen) atoms. The Balaban J connectivity index is 1.56. The maximum atomic E-state index is 12.0. The van der Waals surface area contributed by atoms with E-state index in [4.69, 9.17) is 9.47 Å². The number of amides is 3. The molecule has 1 unspecified atom stereocenters. The molecular weight excluding hydrogens is 328 g/mol. The van der Waals surface area contributed by atoms with Crippen molar-refractivity contribution >= 4 is 17.9 Å². The van der Waals surface area contributed by atoms with E-state index in [9.17, 15) is 19.5 Å². The summed E-state index contributed by atoms with van der Waals surface area (Å²) in [7, 11) is 0. The third-order valence-corrected chi connectivity index (χ3v) is 4.35. The topological polar surface area (TPSA) is 105 Å². The van der Waals surface area contributed by atoms with E-state index in [0.717, 1.165) is 0 Å². The second-order valence-corrected chi connectivity index (χ2v) is 6.24. The molecule has 3 rings (SSSR count). The number of hydrogen-bond donors (Lipinski definition) is 2. The van der Waals surface area contributed by atoms with Gasteiger partial charge in [0.15, 0.2) is 0 Å². The van der Waals surface area contributed by atoms with Crippen molar-refractivity contribution < 1.29 is 29.0 Å². The Labute approximate surface area is 144 Å². The van der Waals surface area contributed by atoms with E-state index < -0.39 is 30.4 Å². The van der Waals surface area contributed by atoms with Crippen LogP contribution in [0.5, 0.6) is 0 Å². The van der Waals surface area contributed by atoms with Crippen LogP contribution >= 0.6 is 0 Å². The minimum Gasteiger partial charge on any atom is -0.459 e. The summed E-state index contributed by atoms with van der Waals surface area (Å²) in [6.45, 7) is 1.81. The minimum absolute atomic E-state index is 0.116. The first kappa shape index (κ1) is 17.4. The van der Waals surface area contributed by atoms with Crippen LogP contribution in [0.25, 0.3) is 0 Å². The van der Waals surface area contributed by atoms with E-state index in [1.165, 1.54) is 4.90 Å². The molecule has 2 fully saturated rings. The van der Waals surface area contributed by atoms with E-state index in [1.807, 2.05) is 0 Å². The SMILES string of the molecule is CC1CN([C@H]2C[C@@H](O)[C@@H](COC(=O)c3ccccc3)O2)C(=O)NC1=O. The van der Waals surface area contributed by atoms with E-state index in [-0.39, 0.29) is 31.4 Å². The maximum absolute atomic E-state index is 12.0. The van der Waals surface area contributed by atoms with Gasteiger partial charge < -0.3 is 14.6 Å². The van der Waals surface area contributed by atoms with Gasteiger partial charge in [-0.15, -0.1) is 0 Å². The third-order valence-electron chi connectivity index (χ3n) is 4.35. The molecule has 2 aliphatic rings. The fraction of sp³-hybridized carbons (Fsp3) is 0.471. The maximum Gasteiger partial charge on any atom is 0.338 e. The minimum atomic E-state index is -0.866. The summed E-state index contributed by atoms with van der Waals surface area (Å²) < 4.78 is 10.9. The lowest BCUT2D eigenvalue weighted by molar-refractivity contribution is -0.128. The largest absolute Gasteiger partial charge is 0.459 e. The second-order valence-electron chi connectivity index (χ2n) is 6.24. The zero-order valence-corrected chi connectivity index (χ0v) is 13.8. The summed E-state index contributed by atoms with van der Waals surface area (Å²) in [5.74, 6) is -1.18. The highest BCUT2D eigenvalue weighted by molar-refractivity contribution is 5.97. The van der Waals surface area contributed by atoms with Gasteiger partial charge in [-0.1, -0.05) is 25.1 Å². The Morgan fingerprint density at radius 3 is 2.80 bits per heavy atom. The normalized spacial score (nSPS) is 29.4. The molecule has 0 saturated carbocycles. The van der Waals surface area contributed by atoms with Gasteiger partial charge in [0.1, 0.15) is 18.9 Å². The lowest BCUT2D eigenvalue weighted by Crippen LogP contribution is -2.57. The molecule has 2 heterocycles. The fourth-order valence-electron chi connectivity index (χ4n) is 2.88. The average Bonchev–Trinajstić information content (AvgIpc) is 2.97. The molecule has 4 atom stereocenters. The number of benzene rings is 1. The highest BCUT2D eigenvalue weighted by Gasteiger charge is 2.42. The summed E-state index contributed by atoms with van der Waals surface area (Å²) >= 11 is 0. The number of rotatable bonds is 4. The lowest BCUT2D eigenvalue weighted by atomic mass is 10.1. The predicted octanol–water partition coefficient (Wildman–Crippen LogP) is 0.507. The van der Waals surface area contributed by atoms with Crippen molar-refractivity contribution in [1.29, 1.82) is 0 Å². The number of hydrogen-bond acceptors (Lipinski definition) is 6. The Morgan fingerprint density at radius 2 is 2.08 bits per heavy atom. The molecule has 0 aliphatic carbocycles. The van der Waals surface area contributed by atoms with Gasteiger partial charge in [-0.05, 0) is 12.1 Å². The number of imide groups is 1. The van der Waals surface area contributed by atoms with Gasteiger partial charge >= 0.3 is 12.0 Å². The highest BCUT2D eigenvalue weighted by atomic mass is 16.6. The molecule has 134 valence electrons. The fourth-order valence-corrected chi connectivity index (χ4v) is 2.88. The summed E-state index contributed by atoms with van der Waals surface area (Å²) in [5.41, 5.74) is 0.411. The lowest BCUT2D eigenvalue weighted by Gasteiger charge is -2.34. The second kappa shape index (κ2) is 7.20. The molecule has 0 spiro atoms. The van der Waals surface area contributed by atoms with Gasteiger partial charge in [0.25, 0.3) is 0 Å². The number of nitrogens with zero attached hydrogens (tertiary/aromatic N) is 1. The molecular formula is C17H20N2O6. The van der Waals surface area contributed by atoms with Crippen LogP contribution < -0.4 is 5.32 Å². The van der Waals surface area contributed by atoms with Crippen LogP contribution in [0.1, 0.15) is 23.7 Å². The Kier molecular flexibility index (Phi) is 5.00. The predicted molar refractivity (Wildman–Crippen MR) is 85.4 cm³/mol. The van der Waals surface area contributed by atoms with Crippen LogP contribution in [0.4, 0.5) is 4.79 Å². The molecule has 2 N–H and O–H groups in total. The zero-order valence-electron chi connectivity index (χ0n) is 13.8. The Morgan fingerprint density at radius 1 is 1.36 bits per heavy atom. The van der Waals surface area contributed by atoms with Crippen LogP contribution in [0.15, 0.2) is 30.3 Å². The van der Waals surface area contributed by atoms with Crippen molar-refractivity contribution in [2.24, 2.45) is 5.92 Å². The molecule has 1 aromatic carbocycles. The summed E-state index contributed by atoms with van der Waals surface area (Å²) in [6, 6.07) is 7.97. The van der Waals surface area contributed by atoms with Gasteiger partial charge in [-0.3, -0.25) is 15.0 Å². The van der Waals surface area contributed by atoms with Crippen molar-refractivity contribution in [3.8, 4) is 0 Å².